The minimum absolute atomic E-state index is 0.237. The van der Waals surface area contributed by atoms with Crippen LogP contribution in [0.25, 0.3) is 15.5 Å². The fraction of sp³-hybridized carbons (Fsp3) is 0.150. The number of rotatable bonds is 3. The van der Waals surface area contributed by atoms with Crippen molar-refractivity contribution in [3.8, 4) is 10.6 Å². The number of benzene rings is 2. The molecule has 4 aromatic rings. The first-order chi connectivity index (χ1) is 13.9. The van der Waals surface area contributed by atoms with Crippen LogP contribution in [0.15, 0.2) is 42.5 Å². The maximum Gasteiger partial charge on any atom is 0.257 e. The molecule has 0 saturated carbocycles. The minimum atomic E-state index is -0.237. The van der Waals surface area contributed by atoms with E-state index < -0.39 is 0 Å². The van der Waals surface area contributed by atoms with Gasteiger partial charge in [-0.05, 0) is 56.2 Å². The lowest BCUT2D eigenvalue weighted by atomic mass is 10.1. The SMILES string of the molecule is Cc1ccccc1C(=O)NC(=S)Nc1cccc(-c2nn3c(C)nnc3s2)c1C. The molecule has 0 aliphatic rings. The zero-order valence-corrected chi connectivity index (χ0v) is 17.7. The summed E-state index contributed by atoms with van der Waals surface area (Å²) in [5, 5.41) is 19.7. The van der Waals surface area contributed by atoms with Crippen molar-refractivity contribution in [2.45, 2.75) is 20.8 Å². The van der Waals surface area contributed by atoms with Crippen LogP contribution in [0.5, 0.6) is 0 Å². The summed E-state index contributed by atoms with van der Waals surface area (Å²) in [6.45, 7) is 5.74. The third-order valence-corrected chi connectivity index (χ3v) is 5.71. The van der Waals surface area contributed by atoms with Crippen molar-refractivity contribution in [2.24, 2.45) is 0 Å². The number of amides is 1. The van der Waals surface area contributed by atoms with E-state index in [9.17, 15) is 4.79 Å². The van der Waals surface area contributed by atoms with E-state index in [1.165, 1.54) is 11.3 Å². The van der Waals surface area contributed by atoms with Crippen molar-refractivity contribution in [3.63, 3.8) is 0 Å². The molecule has 0 bridgehead atoms. The summed E-state index contributed by atoms with van der Waals surface area (Å²) in [5.41, 5.74) is 4.24. The van der Waals surface area contributed by atoms with E-state index in [0.29, 0.717) is 5.56 Å². The fourth-order valence-electron chi connectivity index (χ4n) is 2.98. The van der Waals surface area contributed by atoms with Crippen LogP contribution in [0.3, 0.4) is 0 Å². The monoisotopic (exact) mass is 422 g/mol. The number of aromatic nitrogens is 4. The number of fused-ring (bicyclic) bond motifs is 1. The number of thiocarbonyl (C=S) groups is 1. The van der Waals surface area contributed by atoms with Crippen LogP contribution in [-0.4, -0.2) is 30.8 Å². The van der Waals surface area contributed by atoms with Gasteiger partial charge >= 0.3 is 0 Å². The van der Waals surface area contributed by atoms with Gasteiger partial charge in [0.15, 0.2) is 10.9 Å². The predicted molar refractivity (Wildman–Crippen MR) is 118 cm³/mol. The molecule has 2 aromatic carbocycles. The number of anilines is 1. The fourth-order valence-corrected chi connectivity index (χ4v) is 4.15. The van der Waals surface area contributed by atoms with Crippen LogP contribution in [-0.2, 0) is 0 Å². The number of aryl methyl sites for hydroxylation is 2. The Labute approximate surface area is 176 Å². The zero-order chi connectivity index (χ0) is 20.5. The average Bonchev–Trinajstić information content (AvgIpc) is 3.26. The quantitative estimate of drug-likeness (QED) is 0.487. The molecule has 0 atom stereocenters. The topological polar surface area (TPSA) is 84.2 Å². The molecule has 146 valence electrons. The molecule has 7 nitrogen and oxygen atoms in total. The molecule has 0 spiro atoms. The Balaban J connectivity index is 1.55. The van der Waals surface area contributed by atoms with E-state index in [2.05, 4.69) is 25.9 Å². The Morgan fingerprint density at radius 1 is 1.07 bits per heavy atom. The summed E-state index contributed by atoms with van der Waals surface area (Å²) in [5.74, 6) is 0.507. The van der Waals surface area contributed by atoms with Crippen LogP contribution < -0.4 is 10.6 Å². The highest BCUT2D eigenvalue weighted by atomic mass is 32.1. The lowest BCUT2D eigenvalue weighted by Crippen LogP contribution is -2.34. The van der Waals surface area contributed by atoms with E-state index in [1.807, 2.05) is 57.2 Å². The van der Waals surface area contributed by atoms with Gasteiger partial charge in [0.1, 0.15) is 5.01 Å². The second kappa shape index (κ2) is 7.69. The highest BCUT2D eigenvalue weighted by Crippen LogP contribution is 2.31. The Hall–Kier alpha value is -3.17. The van der Waals surface area contributed by atoms with Gasteiger partial charge < -0.3 is 5.32 Å². The molecule has 0 aliphatic heterocycles. The third kappa shape index (κ3) is 3.74. The largest absolute Gasteiger partial charge is 0.332 e. The van der Waals surface area contributed by atoms with Gasteiger partial charge in [-0.1, -0.05) is 41.7 Å². The number of hydrogen-bond acceptors (Lipinski definition) is 6. The molecule has 2 heterocycles. The van der Waals surface area contributed by atoms with Crippen molar-refractivity contribution >= 4 is 45.2 Å². The lowest BCUT2D eigenvalue weighted by molar-refractivity contribution is 0.0977. The van der Waals surface area contributed by atoms with Gasteiger partial charge in [-0.25, -0.2) is 0 Å². The summed E-state index contributed by atoms with van der Waals surface area (Å²) in [7, 11) is 0. The molecule has 9 heteroatoms. The number of hydrogen-bond donors (Lipinski definition) is 2. The number of nitrogens with one attached hydrogen (secondary N) is 2. The Morgan fingerprint density at radius 2 is 1.86 bits per heavy atom. The van der Waals surface area contributed by atoms with Crippen LogP contribution in [0, 0.1) is 20.8 Å². The zero-order valence-electron chi connectivity index (χ0n) is 16.1. The van der Waals surface area contributed by atoms with Gasteiger partial charge in [-0.15, -0.1) is 10.2 Å². The average molecular weight is 423 g/mol. The number of carbonyl (C=O) groups excluding carboxylic acids is 1. The molecule has 0 saturated heterocycles. The summed E-state index contributed by atoms with van der Waals surface area (Å²) in [4.78, 5) is 13.2. The van der Waals surface area contributed by atoms with Crippen molar-refractivity contribution in [2.75, 3.05) is 5.32 Å². The minimum Gasteiger partial charge on any atom is -0.332 e. The maximum atomic E-state index is 12.5. The molecule has 2 N–H and O–H groups in total. The summed E-state index contributed by atoms with van der Waals surface area (Å²) < 4.78 is 1.73. The third-order valence-electron chi connectivity index (χ3n) is 4.58. The normalized spacial score (nSPS) is 10.9. The molecule has 29 heavy (non-hydrogen) atoms. The second-order valence-electron chi connectivity index (χ2n) is 6.55. The Bertz CT molecular complexity index is 1240. The molecular weight excluding hydrogens is 404 g/mol. The molecule has 4 rings (SSSR count). The Morgan fingerprint density at radius 3 is 2.62 bits per heavy atom. The first-order valence-corrected chi connectivity index (χ1v) is 10.1. The molecule has 1 amide bonds. The Kier molecular flexibility index (Phi) is 5.08. The standard InChI is InChI=1S/C20H18N6OS2/c1-11-7-4-5-8-14(11)17(27)22-19(28)21-16-10-6-9-15(12(16)2)18-25-26-13(3)23-24-20(26)29-18/h4-10H,1-3H3,(H2,21,22,27,28). The second-order valence-corrected chi connectivity index (χ2v) is 7.91. The summed E-state index contributed by atoms with van der Waals surface area (Å²) in [6, 6.07) is 13.2. The lowest BCUT2D eigenvalue weighted by Gasteiger charge is -2.14. The van der Waals surface area contributed by atoms with Gasteiger partial charge in [-0.3, -0.25) is 10.1 Å². The molecule has 0 fully saturated rings. The highest BCUT2D eigenvalue weighted by Gasteiger charge is 2.15. The van der Waals surface area contributed by atoms with E-state index in [0.717, 1.165) is 38.2 Å². The molecule has 0 aliphatic carbocycles. The van der Waals surface area contributed by atoms with Crippen molar-refractivity contribution in [1.29, 1.82) is 0 Å². The van der Waals surface area contributed by atoms with Crippen molar-refractivity contribution < 1.29 is 4.79 Å². The van der Waals surface area contributed by atoms with Crippen LogP contribution >= 0.6 is 23.6 Å². The van der Waals surface area contributed by atoms with E-state index in [1.54, 1.807) is 10.6 Å². The first-order valence-electron chi connectivity index (χ1n) is 8.91. The predicted octanol–water partition coefficient (Wildman–Crippen LogP) is 3.90. The van der Waals surface area contributed by atoms with E-state index >= 15 is 0 Å². The molecule has 0 unspecified atom stereocenters. The van der Waals surface area contributed by atoms with E-state index in [4.69, 9.17) is 12.2 Å². The van der Waals surface area contributed by atoms with Crippen molar-refractivity contribution in [3.05, 3.63) is 65.0 Å². The molecular formula is C20H18N6OS2. The summed E-state index contributed by atoms with van der Waals surface area (Å²) >= 11 is 6.82. The maximum absolute atomic E-state index is 12.5. The first kappa shape index (κ1) is 19.2. The van der Waals surface area contributed by atoms with Crippen LogP contribution in [0.4, 0.5) is 5.69 Å². The molecule has 2 aromatic heterocycles. The van der Waals surface area contributed by atoms with Gasteiger partial charge in [0.2, 0.25) is 4.96 Å². The molecule has 0 radical (unpaired) electrons. The number of nitrogens with zero attached hydrogens (tertiary/aromatic N) is 4. The summed E-state index contributed by atoms with van der Waals surface area (Å²) in [6.07, 6.45) is 0. The smallest absolute Gasteiger partial charge is 0.257 e. The van der Waals surface area contributed by atoms with Crippen LogP contribution in [0.1, 0.15) is 27.3 Å². The van der Waals surface area contributed by atoms with Crippen molar-refractivity contribution in [1.82, 2.24) is 25.1 Å². The van der Waals surface area contributed by atoms with Gasteiger partial charge in [0.05, 0.1) is 0 Å². The van der Waals surface area contributed by atoms with Crippen LogP contribution in [0.2, 0.25) is 0 Å². The van der Waals surface area contributed by atoms with Gasteiger partial charge in [-0.2, -0.15) is 9.61 Å². The highest BCUT2D eigenvalue weighted by molar-refractivity contribution is 7.80. The van der Waals surface area contributed by atoms with E-state index in [-0.39, 0.29) is 11.0 Å². The van der Waals surface area contributed by atoms with Gasteiger partial charge in [0.25, 0.3) is 5.91 Å². The number of carbonyl (C=O) groups is 1. The van der Waals surface area contributed by atoms with Gasteiger partial charge in [0, 0.05) is 16.8 Å².